The van der Waals surface area contributed by atoms with Crippen molar-refractivity contribution in [2.75, 3.05) is 24.7 Å². The van der Waals surface area contributed by atoms with Gasteiger partial charge in [0.25, 0.3) is 11.6 Å². The first kappa shape index (κ1) is 22.3. The number of carbonyl (C=O) groups excluding carboxylic acids is 3. The van der Waals surface area contributed by atoms with Gasteiger partial charge in [-0.25, -0.2) is 14.2 Å². The number of fused-ring (bicyclic) bond motifs is 2. The van der Waals surface area contributed by atoms with Crippen LogP contribution in [-0.2, 0) is 4.79 Å². The Morgan fingerprint density at radius 3 is 2.58 bits per heavy atom. The number of urea groups is 1. The number of carbonyl (C=O) groups is 3. The number of halogens is 1. The van der Waals surface area contributed by atoms with E-state index in [4.69, 9.17) is 11.6 Å². The van der Waals surface area contributed by atoms with Gasteiger partial charge >= 0.3 is 6.03 Å². The van der Waals surface area contributed by atoms with E-state index in [9.17, 15) is 29.8 Å². The van der Waals surface area contributed by atoms with Crippen molar-refractivity contribution >= 4 is 51.5 Å². The highest BCUT2D eigenvalue weighted by molar-refractivity contribution is 6.32. The number of hydrogen-bond donors (Lipinski definition) is 0. The van der Waals surface area contributed by atoms with Crippen LogP contribution in [0.4, 0.5) is 16.2 Å². The van der Waals surface area contributed by atoms with E-state index in [-0.39, 0.29) is 28.3 Å². The standard InChI is InChI=1S/C25H17ClN5O5/c26-18-7-5-14(9-20(18)30(35)36)23(32)21-11-28-12-22-24(33)29(25(34)31(21,22)13-28)19-8-6-15(10-27)16-3-1-2-4-17(16)19/h1-9,21-22H,11-13H2/q+1. The van der Waals surface area contributed by atoms with Crippen LogP contribution in [0.5, 0.6) is 0 Å². The molecule has 0 aromatic heterocycles. The van der Waals surface area contributed by atoms with Crippen molar-refractivity contribution in [3.8, 4) is 6.07 Å². The first-order valence-corrected chi connectivity index (χ1v) is 11.5. The molecule has 2 bridgehead atoms. The Kier molecular flexibility index (Phi) is 4.75. The number of anilines is 1. The summed E-state index contributed by atoms with van der Waals surface area (Å²) in [5, 5.41) is 22.0. The minimum absolute atomic E-state index is 0.0682. The molecule has 6 rings (SSSR count). The molecule has 3 aliphatic rings. The van der Waals surface area contributed by atoms with Crippen molar-refractivity contribution in [2.45, 2.75) is 12.1 Å². The first-order chi connectivity index (χ1) is 17.3. The average Bonchev–Trinajstić information content (AvgIpc) is 3.51. The van der Waals surface area contributed by atoms with Gasteiger partial charge in [-0.05, 0) is 24.3 Å². The van der Waals surface area contributed by atoms with Crippen molar-refractivity contribution in [3.63, 3.8) is 0 Å². The van der Waals surface area contributed by atoms with Crippen LogP contribution in [-0.4, -0.2) is 63.9 Å². The zero-order valence-corrected chi connectivity index (χ0v) is 19.4. The Hall–Kier alpha value is -4.17. The summed E-state index contributed by atoms with van der Waals surface area (Å²) in [7, 11) is 0. The molecule has 3 aromatic rings. The minimum atomic E-state index is -0.893. The second-order valence-electron chi connectivity index (χ2n) is 9.17. The number of Topliss-reactive ketones (excluding diaryl/α,β-unsaturated/α-hetero) is 1. The summed E-state index contributed by atoms with van der Waals surface area (Å²) < 4.78 is -0.373. The van der Waals surface area contributed by atoms with E-state index >= 15 is 0 Å². The van der Waals surface area contributed by atoms with Crippen LogP contribution in [0.3, 0.4) is 0 Å². The number of nitriles is 1. The molecule has 0 radical (unpaired) electrons. The van der Waals surface area contributed by atoms with Crippen molar-refractivity contribution in [2.24, 2.45) is 0 Å². The van der Waals surface area contributed by atoms with Crippen LogP contribution in [0.15, 0.2) is 54.6 Å². The fourth-order valence-electron chi connectivity index (χ4n) is 5.84. The van der Waals surface area contributed by atoms with Crippen LogP contribution in [0.2, 0.25) is 5.02 Å². The van der Waals surface area contributed by atoms with E-state index in [1.807, 2.05) is 4.90 Å². The summed E-state index contributed by atoms with van der Waals surface area (Å²) in [4.78, 5) is 55.1. The van der Waals surface area contributed by atoms with Gasteiger partial charge in [0.05, 0.1) is 35.3 Å². The van der Waals surface area contributed by atoms with Crippen molar-refractivity contribution in [1.29, 1.82) is 5.26 Å². The summed E-state index contributed by atoms with van der Waals surface area (Å²) in [6.07, 6.45) is 0. The zero-order chi connectivity index (χ0) is 25.4. The molecule has 0 saturated carbocycles. The normalized spacial score (nSPS) is 26.3. The summed E-state index contributed by atoms with van der Waals surface area (Å²) in [6, 6.07) is 14.0. The molecule has 36 heavy (non-hydrogen) atoms. The van der Waals surface area contributed by atoms with E-state index < -0.39 is 40.4 Å². The van der Waals surface area contributed by atoms with E-state index in [1.54, 1.807) is 36.4 Å². The summed E-state index contributed by atoms with van der Waals surface area (Å²) in [5.74, 6) is -0.855. The lowest BCUT2D eigenvalue weighted by atomic mass is 9.98. The Balaban J connectivity index is 1.44. The van der Waals surface area contributed by atoms with Crippen molar-refractivity contribution in [1.82, 2.24) is 4.90 Å². The van der Waals surface area contributed by atoms with Crippen molar-refractivity contribution < 1.29 is 23.8 Å². The molecule has 1 spiro atoms. The van der Waals surface area contributed by atoms with E-state index in [0.717, 1.165) is 11.0 Å². The second kappa shape index (κ2) is 7.66. The van der Waals surface area contributed by atoms with Crippen molar-refractivity contribution in [3.05, 3.63) is 80.9 Å². The number of amides is 3. The Bertz CT molecular complexity index is 1580. The number of nitro groups is 1. The molecule has 178 valence electrons. The van der Waals surface area contributed by atoms with Gasteiger partial charge in [-0.1, -0.05) is 35.9 Å². The number of rotatable bonds is 4. The third-order valence-electron chi connectivity index (χ3n) is 7.45. The molecule has 4 atom stereocenters. The van der Waals surface area contributed by atoms with Gasteiger partial charge in [0, 0.05) is 22.4 Å². The van der Waals surface area contributed by atoms with Crippen LogP contribution in [0, 0.1) is 21.4 Å². The predicted molar refractivity (Wildman–Crippen MR) is 128 cm³/mol. The Labute approximate surface area is 209 Å². The summed E-state index contributed by atoms with van der Waals surface area (Å²) in [5.41, 5.74) is 0.463. The largest absolute Gasteiger partial charge is 0.433 e. The van der Waals surface area contributed by atoms with Crippen LogP contribution in [0.1, 0.15) is 15.9 Å². The summed E-state index contributed by atoms with van der Waals surface area (Å²) in [6.45, 7) is 0.790. The number of quaternary nitrogens is 1. The molecule has 3 heterocycles. The maximum Gasteiger partial charge on any atom is 0.433 e. The van der Waals surface area contributed by atoms with Gasteiger partial charge in [-0.3, -0.25) is 19.7 Å². The fourth-order valence-corrected chi connectivity index (χ4v) is 6.02. The number of piperazine rings is 1. The van der Waals surface area contributed by atoms with Gasteiger partial charge in [0.2, 0.25) is 5.78 Å². The second-order valence-corrected chi connectivity index (χ2v) is 9.58. The molecular weight excluding hydrogens is 486 g/mol. The minimum Gasteiger partial charge on any atom is -0.287 e. The number of imide groups is 1. The lowest BCUT2D eigenvalue weighted by molar-refractivity contribution is -0.852. The number of nitro benzene ring substituents is 1. The molecule has 0 aliphatic carbocycles. The predicted octanol–water partition coefficient (Wildman–Crippen LogP) is 3.46. The molecule has 3 aromatic carbocycles. The third kappa shape index (κ3) is 2.82. The van der Waals surface area contributed by atoms with Gasteiger partial charge in [0.1, 0.15) is 11.7 Å². The number of benzene rings is 3. The van der Waals surface area contributed by atoms with E-state index in [1.165, 1.54) is 12.1 Å². The quantitative estimate of drug-likeness (QED) is 0.176. The highest BCUT2D eigenvalue weighted by atomic mass is 35.5. The Morgan fingerprint density at radius 2 is 1.86 bits per heavy atom. The fraction of sp³-hybridized carbons (Fsp3) is 0.200. The molecular formula is C25H17ClN5O5+. The van der Waals surface area contributed by atoms with Crippen LogP contribution < -0.4 is 4.90 Å². The van der Waals surface area contributed by atoms with Gasteiger partial charge < -0.3 is 0 Å². The van der Waals surface area contributed by atoms with E-state index in [2.05, 4.69) is 6.07 Å². The number of ketones is 1. The van der Waals surface area contributed by atoms with Crippen LogP contribution >= 0.6 is 11.6 Å². The molecule has 10 nitrogen and oxygen atoms in total. The molecule has 0 N–H and O–H groups in total. The molecule has 4 unspecified atom stereocenters. The zero-order valence-electron chi connectivity index (χ0n) is 18.6. The smallest absolute Gasteiger partial charge is 0.287 e. The molecule has 3 aliphatic heterocycles. The average molecular weight is 503 g/mol. The first-order valence-electron chi connectivity index (χ1n) is 11.2. The highest BCUT2D eigenvalue weighted by Gasteiger charge is 2.73. The lowest BCUT2D eigenvalue weighted by Gasteiger charge is -2.32. The van der Waals surface area contributed by atoms with Gasteiger partial charge in [-0.2, -0.15) is 10.2 Å². The highest BCUT2D eigenvalue weighted by Crippen LogP contribution is 2.45. The maximum absolute atomic E-state index is 14.1. The maximum atomic E-state index is 14.1. The SMILES string of the molecule is N#Cc1ccc(N2C(=O)C3CN4CC(C(=O)c5ccc(Cl)c([N+](=O)[O-])c5)[N+]3(C4)C2=O)c2ccccc12. The lowest BCUT2D eigenvalue weighted by Crippen LogP contribution is -2.62. The molecule has 11 heteroatoms. The topological polar surface area (TPSA) is 125 Å². The van der Waals surface area contributed by atoms with E-state index in [0.29, 0.717) is 28.6 Å². The third-order valence-corrected chi connectivity index (χ3v) is 7.77. The molecule has 3 amide bonds. The number of hydrogen-bond acceptors (Lipinski definition) is 7. The summed E-state index contributed by atoms with van der Waals surface area (Å²) >= 11 is 5.91. The van der Waals surface area contributed by atoms with Crippen LogP contribution in [0.25, 0.3) is 10.8 Å². The van der Waals surface area contributed by atoms with Gasteiger partial charge in [0.15, 0.2) is 12.1 Å². The Morgan fingerprint density at radius 1 is 1.11 bits per heavy atom. The van der Waals surface area contributed by atoms with Gasteiger partial charge in [-0.15, -0.1) is 0 Å². The monoisotopic (exact) mass is 502 g/mol. The molecule has 3 saturated heterocycles. The number of nitrogens with zero attached hydrogens (tertiary/aromatic N) is 5. The molecule has 3 fully saturated rings.